The highest BCUT2D eigenvalue weighted by molar-refractivity contribution is 5.49. The molecule has 1 aromatic carbocycles. The van der Waals surface area contributed by atoms with Crippen LogP contribution in [0.4, 0.5) is 5.69 Å². The van der Waals surface area contributed by atoms with Crippen LogP contribution < -0.4 is 10.5 Å². The number of benzene rings is 1. The maximum Gasteiger partial charge on any atom is 0.262 e. The van der Waals surface area contributed by atoms with Crippen molar-refractivity contribution in [3.05, 3.63) is 42.1 Å². The fraction of sp³-hybridized carbons (Fsp3) is 0.286. The topological polar surface area (TPSA) is 61.0 Å². The van der Waals surface area contributed by atoms with Crippen molar-refractivity contribution in [3.63, 3.8) is 0 Å². The van der Waals surface area contributed by atoms with Gasteiger partial charge >= 0.3 is 0 Å². The normalized spacial score (nSPS) is 11.3. The van der Waals surface area contributed by atoms with Crippen molar-refractivity contribution in [2.45, 2.75) is 26.2 Å². The van der Waals surface area contributed by atoms with Crippen LogP contribution in [0.3, 0.4) is 0 Å². The predicted octanol–water partition coefficient (Wildman–Crippen LogP) is 3.15. The molecule has 0 atom stereocenters. The van der Waals surface area contributed by atoms with Crippen LogP contribution in [-0.4, -0.2) is 10.2 Å². The first-order valence-corrected chi connectivity index (χ1v) is 5.83. The molecule has 2 aromatic rings. The van der Waals surface area contributed by atoms with Crippen LogP contribution in [0, 0.1) is 0 Å². The molecule has 0 fully saturated rings. The molecule has 0 saturated carbocycles. The lowest BCUT2D eigenvalue weighted by molar-refractivity contribution is 0.436. The summed E-state index contributed by atoms with van der Waals surface area (Å²) in [4.78, 5) is 0. The van der Waals surface area contributed by atoms with E-state index in [-0.39, 0.29) is 5.41 Å². The van der Waals surface area contributed by atoms with E-state index >= 15 is 0 Å². The number of anilines is 1. The van der Waals surface area contributed by atoms with Crippen LogP contribution in [0.15, 0.2) is 36.5 Å². The molecule has 1 aromatic heterocycles. The SMILES string of the molecule is CC(C)(C)c1ccccc1Oc1nnccc1N. The quantitative estimate of drug-likeness (QED) is 0.880. The van der Waals surface area contributed by atoms with Gasteiger partial charge in [-0.3, -0.25) is 0 Å². The lowest BCUT2D eigenvalue weighted by atomic mass is 9.86. The van der Waals surface area contributed by atoms with E-state index in [4.69, 9.17) is 10.5 Å². The highest BCUT2D eigenvalue weighted by Gasteiger charge is 2.19. The van der Waals surface area contributed by atoms with E-state index in [0.29, 0.717) is 11.6 Å². The molecule has 18 heavy (non-hydrogen) atoms. The molecule has 2 rings (SSSR count). The van der Waals surface area contributed by atoms with Crippen molar-refractivity contribution in [2.75, 3.05) is 5.73 Å². The molecular weight excluding hydrogens is 226 g/mol. The third-order valence-corrected chi connectivity index (χ3v) is 2.62. The molecule has 2 N–H and O–H groups in total. The Labute approximate surface area is 107 Å². The number of rotatable bonds is 2. The molecule has 1 heterocycles. The van der Waals surface area contributed by atoms with E-state index in [1.807, 2.05) is 24.3 Å². The van der Waals surface area contributed by atoms with Gasteiger partial charge in [0.25, 0.3) is 5.88 Å². The van der Waals surface area contributed by atoms with Gasteiger partial charge in [-0.05, 0) is 17.5 Å². The summed E-state index contributed by atoms with van der Waals surface area (Å²) in [7, 11) is 0. The van der Waals surface area contributed by atoms with Gasteiger partial charge in [0.05, 0.1) is 11.9 Å². The van der Waals surface area contributed by atoms with Crippen LogP contribution in [0.5, 0.6) is 11.6 Å². The number of aromatic nitrogens is 2. The fourth-order valence-electron chi connectivity index (χ4n) is 1.69. The molecule has 0 unspecified atom stereocenters. The Morgan fingerprint density at radius 3 is 2.50 bits per heavy atom. The highest BCUT2D eigenvalue weighted by atomic mass is 16.5. The third kappa shape index (κ3) is 2.59. The van der Waals surface area contributed by atoms with Crippen molar-refractivity contribution in [1.29, 1.82) is 0 Å². The minimum absolute atomic E-state index is 0.00638. The molecule has 0 amide bonds. The molecule has 0 aliphatic carbocycles. The van der Waals surface area contributed by atoms with E-state index in [0.717, 1.165) is 11.3 Å². The number of hydrogen-bond acceptors (Lipinski definition) is 4. The summed E-state index contributed by atoms with van der Waals surface area (Å²) in [5, 5.41) is 7.68. The predicted molar refractivity (Wildman–Crippen MR) is 71.7 cm³/mol. The van der Waals surface area contributed by atoms with Crippen LogP contribution in [0.1, 0.15) is 26.3 Å². The summed E-state index contributed by atoms with van der Waals surface area (Å²) in [6.45, 7) is 6.40. The van der Waals surface area contributed by atoms with Gasteiger partial charge in [-0.2, -0.15) is 5.10 Å². The summed E-state index contributed by atoms with van der Waals surface area (Å²) < 4.78 is 5.77. The second-order valence-electron chi connectivity index (χ2n) is 5.14. The number of nitrogens with zero attached hydrogens (tertiary/aromatic N) is 2. The summed E-state index contributed by atoms with van der Waals surface area (Å²) in [5.74, 6) is 1.10. The number of nitrogen functional groups attached to an aromatic ring is 1. The first-order chi connectivity index (χ1) is 8.48. The molecule has 0 bridgehead atoms. The van der Waals surface area contributed by atoms with Crippen molar-refractivity contribution in [3.8, 4) is 11.6 Å². The largest absolute Gasteiger partial charge is 0.436 e. The van der Waals surface area contributed by atoms with Gasteiger partial charge in [0.1, 0.15) is 5.75 Å². The number of hydrogen-bond donors (Lipinski definition) is 1. The average Bonchev–Trinajstić information content (AvgIpc) is 2.31. The molecule has 0 spiro atoms. The maximum atomic E-state index is 5.80. The van der Waals surface area contributed by atoms with Gasteiger partial charge in [-0.1, -0.05) is 39.0 Å². The summed E-state index contributed by atoms with van der Waals surface area (Å²) in [6.07, 6.45) is 1.54. The first-order valence-electron chi connectivity index (χ1n) is 5.83. The molecule has 94 valence electrons. The molecule has 4 nitrogen and oxygen atoms in total. The molecule has 0 aliphatic heterocycles. The van der Waals surface area contributed by atoms with E-state index in [1.54, 1.807) is 6.07 Å². The smallest absolute Gasteiger partial charge is 0.262 e. The molecular formula is C14H17N3O. The van der Waals surface area contributed by atoms with Gasteiger partial charge < -0.3 is 10.5 Å². The maximum absolute atomic E-state index is 5.80. The molecule has 0 radical (unpaired) electrons. The van der Waals surface area contributed by atoms with E-state index in [2.05, 4.69) is 31.0 Å². The Kier molecular flexibility index (Phi) is 3.19. The number of ether oxygens (including phenoxy) is 1. The zero-order valence-corrected chi connectivity index (χ0v) is 10.8. The van der Waals surface area contributed by atoms with Gasteiger partial charge in [0.15, 0.2) is 0 Å². The minimum atomic E-state index is -0.00638. The van der Waals surface area contributed by atoms with E-state index in [9.17, 15) is 0 Å². The Hall–Kier alpha value is -2.10. The van der Waals surface area contributed by atoms with Crippen molar-refractivity contribution in [2.24, 2.45) is 0 Å². The Morgan fingerprint density at radius 2 is 1.83 bits per heavy atom. The van der Waals surface area contributed by atoms with Crippen LogP contribution in [0.25, 0.3) is 0 Å². The van der Waals surface area contributed by atoms with Crippen LogP contribution in [-0.2, 0) is 5.41 Å². The monoisotopic (exact) mass is 243 g/mol. The fourth-order valence-corrected chi connectivity index (χ4v) is 1.69. The summed E-state index contributed by atoms with van der Waals surface area (Å²) in [5.41, 5.74) is 7.38. The summed E-state index contributed by atoms with van der Waals surface area (Å²) in [6, 6.07) is 9.54. The molecule has 4 heteroatoms. The first kappa shape index (κ1) is 12.4. The zero-order valence-electron chi connectivity index (χ0n) is 10.8. The number of para-hydroxylation sites is 1. The van der Waals surface area contributed by atoms with Gasteiger partial charge in [-0.15, -0.1) is 5.10 Å². The van der Waals surface area contributed by atoms with Crippen LogP contribution in [0.2, 0.25) is 0 Å². The lowest BCUT2D eigenvalue weighted by Gasteiger charge is -2.22. The summed E-state index contributed by atoms with van der Waals surface area (Å²) >= 11 is 0. The van der Waals surface area contributed by atoms with Gasteiger partial charge in [0, 0.05) is 5.56 Å². The zero-order chi connectivity index (χ0) is 13.2. The van der Waals surface area contributed by atoms with Gasteiger partial charge in [0.2, 0.25) is 0 Å². The Balaban J connectivity index is 2.39. The van der Waals surface area contributed by atoms with E-state index in [1.165, 1.54) is 6.20 Å². The molecule has 0 aliphatic rings. The molecule has 0 saturated heterocycles. The minimum Gasteiger partial charge on any atom is -0.436 e. The lowest BCUT2D eigenvalue weighted by Crippen LogP contribution is -2.12. The van der Waals surface area contributed by atoms with Crippen molar-refractivity contribution >= 4 is 5.69 Å². The third-order valence-electron chi connectivity index (χ3n) is 2.62. The van der Waals surface area contributed by atoms with Gasteiger partial charge in [-0.25, -0.2) is 0 Å². The van der Waals surface area contributed by atoms with E-state index < -0.39 is 0 Å². The van der Waals surface area contributed by atoms with Crippen molar-refractivity contribution < 1.29 is 4.74 Å². The van der Waals surface area contributed by atoms with Crippen molar-refractivity contribution in [1.82, 2.24) is 10.2 Å². The second kappa shape index (κ2) is 4.64. The Bertz CT molecular complexity index is 547. The Morgan fingerprint density at radius 1 is 1.11 bits per heavy atom. The second-order valence-corrected chi connectivity index (χ2v) is 5.14. The average molecular weight is 243 g/mol. The highest BCUT2D eigenvalue weighted by Crippen LogP contribution is 2.34. The number of nitrogens with two attached hydrogens (primary N) is 1. The van der Waals surface area contributed by atoms with Crippen LogP contribution >= 0.6 is 0 Å². The standard InChI is InChI=1S/C14H17N3O/c1-14(2,3)10-6-4-5-7-12(10)18-13-11(15)8-9-16-17-13/h4-9H,1-3H3,(H2,15,16).